The summed E-state index contributed by atoms with van der Waals surface area (Å²) in [6.07, 6.45) is 1.63. The SMILES string of the molecule is COc1ccc(-c2csc(N/N=C\c3cc(OC)c(OC)cc3OC)n2)c(OC)c1. The van der Waals surface area contributed by atoms with Gasteiger partial charge in [-0.05, 0) is 18.2 Å². The molecule has 0 amide bonds. The van der Waals surface area contributed by atoms with Crippen LogP contribution in [0.25, 0.3) is 11.3 Å². The van der Waals surface area contributed by atoms with Gasteiger partial charge in [0.1, 0.15) is 17.2 Å². The van der Waals surface area contributed by atoms with E-state index in [9.17, 15) is 0 Å². The van der Waals surface area contributed by atoms with Crippen molar-refractivity contribution in [3.63, 3.8) is 0 Å². The van der Waals surface area contributed by atoms with Crippen molar-refractivity contribution in [2.24, 2.45) is 5.10 Å². The highest BCUT2D eigenvalue weighted by molar-refractivity contribution is 7.14. The maximum absolute atomic E-state index is 5.46. The first-order valence-corrected chi connectivity index (χ1v) is 9.78. The first kappa shape index (κ1) is 21.3. The van der Waals surface area contributed by atoms with Crippen LogP contribution in [-0.4, -0.2) is 46.7 Å². The zero-order chi connectivity index (χ0) is 21.5. The third kappa shape index (κ3) is 4.57. The lowest BCUT2D eigenvalue weighted by atomic mass is 10.1. The fourth-order valence-electron chi connectivity index (χ4n) is 2.77. The third-order valence-corrected chi connectivity index (χ3v) is 5.04. The van der Waals surface area contributed by atoms with Crippen molar-refractivity contribution in [1.82, 2.24) is 4.98 Å². The number of methoxy groups -OCH3 is 5. The second-order valence-electron chi connectivity index (χ2n) is 5.92. The Kier molecular flexibility index (Phi) is 6.97. The second kappa shape index (κ2) is 9.84. The number of hydrogen-bond donors (Lipinski definition) is 1. The highest BCUT2D eigenvalue weighted by Gasteiger charge is 2.12. The van der Waals surface area contributed by atoms with Crippen LogP contribution in [0.3, 0.4) is 0 Å². The highest BCUT2D eigenvalue weighted by atomic mass is 32.1. The summed E-state index contributed by atoms with van der Waals surface area (Å²) in [5.74, 6) is 3.18. The summed E-state index contributed by atoms with van der Waals surface area (Å²) in [4.78, 5) is 4.58. The quantitative estimate of drug-likeness (QED) is 0.401. The van der Waals surface area contributed by atoms with Crippen molar-refractivity contribution < 1.29 is 23.7 Å². The lowest BCUT2D eigenvalue weighted by molar-refractivity contribution is 0.349. The van der Waals surface area contributed by atoms with Gasteiger partial charge in [-0.3, -0.25) is 5.43 Å². The average Bonchev–Trinajstić information content (AvgIpc) is 3.26. The van der Waals surface area contributed by atoms with Gasteiger partial charge in [-0.25, -0.2) is 4.98 Å². The Labute approximate surface area is 179 Å². The van der Waals surface area contributed by atoms with Crippen molar-refractivity contribution in [2.45, 2.75) is 0 Å². The zero-order valence-electron chi connectivity index (χ0n) is 17.4. The summed E-state index contributed by atoms with van der Waals surface area (Å²) in [6, 6.07) is 9.14. The summed E-state index contributed by atoms with van der Waals surface area (Å²) in [5.41, 5.74) is 5.32. The standard InChI is InChI=1S/C21H23N3O5S/c1-25-14-6-7-15(18(9-14)27-3)16-12-30-21(23-16)24-22-11-13-8-19(28-4)20(29-5)10-17(13)26-2/h6-12H,1-5H3,(H,23,24)/b22-11-. The molecule has 0 atom stereocenters. The summed E-state index contributed by atoms with van der Waals surface area (Å²) < 4.78 is 26.7. The number of nitrogens with one attached hydrogen (secondary N) is 1. The predicted octanol–water partition coefficient (Wildman–Crippen LogP) is 4.30. The molecule has 0 saturated heterocycles. The van der Waals surface area contributed by atoms with Crippen LogP contribution in [0.15, 0.2) is 40.8 Å². The molecule has 8 nitrogen and oxygen atoms in total. The van der Waals surface area contributed by atoms with Crippen molar-refractivity contribution in [3.05, 3.63) is 41.3 Å². The number of aromatic nitrogens is 1. The molecule has 1 heterocycles. The molecular weight excluding hydrogens is 406 g/mol. The zero-order valence-corrected chi connectivity index (χ0v) is 18.2. The summed E-state index contributed by atoms with van der Waals surface area (Å²) in [7, 11) is 7.97. The number of hydrogen-bond acceptors (Lipinski definition) is 9. The van der Waals surface area contributed by atoms with Gasteiger partial charge in [0.15, 0.2) is 11.5 Å². The van der Waals surface area contributed by atoms with Gasteiger partial charge in [-0.15, -0.1) is 11.3 Å². The van der Waals surface area contributed by atoms with E-state index < -0.39 is 0 Å². The Bertz CT molecular complexity index is 1040. The lowest BCUT2D eigenvalue weighted by Gasteiger charge is -2.11. The summed E-state index contributed by atoms with van der Waals surface area (Å²) in [5, 5.41) is 6.84. The number of nitrogens with zero attached hydrogens (tertiary/aromatic N) is 2. The molecule has 0 fully saturated rings. The highest BCUT2D eigenvalue weighted by Crippen LogP contribution is 2.35. The van der Waals surface area contributed by atoms with Crippen molar-refractivity contribution in [1.29, 1.82) is 0 Å². The van der Waals surface area contributed by atoms with E-state index in [0.717, 1.165) is 22.6 Å². The number of rotatable bonds is 9. The molecule has 0 saturated carbocycles. The average molecular weight is 429 g/mol. The molecule has 0 bridgehead atoms. The molecule has 158 valence electrons. The second-order valence-corrected chi connectivity index (χ2v) is 6.78. The number of thiazole rings is 1. The van der Waals surface area contributed by atoms with Crippen molar-refractivity contribution in [2.75, 3.05) is 41.0 Å². The van der Waals surface area contributed by atoms with Gasteiger partial charge in [0.2, 0.25) is 5.13 Å². The maximum atomic E-state index is 5.46. The van der Waals surface area contributed by atoms with Gasteiger partial charge < -0.3 is 23.7 Å². The van der Waals surface area contributed by atoms with E-state index in [0.29, 0.717) is 28.1 Å². The minimum absolute atomic E-state index is 0.581. The van der Waals surface area contributed by atoms with E-state index in [1.807, 2.05) is 23.6 Å². The van der Waals surface area contributed by atoms with Crippen LogP contribution in [0.4, 0.5) is 5.13 Å². The molecule has 0 unspecified atom stereocenters. The third-order valence-electron chi connectivity index (χ3n) is 4.29. The van der Waals surface area contributed by atoms with Gasteiger partial charge in [0, 0.05) is 28.6 Å². The first-order chi connectivity index (χ1) is 14.6. The molecule has 9 heteroatoms. The van der Waals surface area contributed by atoms with Gasteiger partial charge in [-0.1, -0.05) is 0 Å². The topological polar surface area (TPSA) is 83.4 Å². The summed E-state index contributed by atoms with van der Waals surface area (Å²) in [6.45, 7) is 0. The van der Waals surface area contributed by atoms with Gasteiger partial charge in [0.25, 0.3) is 0 Å². The molecule has 2 aromatic carbocycles. The van der Waals surface area contributed by atoms with Gasteiger partial charge >= 0.3 is 0 Å². The number of ether oxygens (including phenoxy) is 5. The molecule has 3 rings (SSSR count). The van der Waals surface area contributed by atoms with Gasteiger partial charge in [-0.2, -0.15) is 5.10 Å². The fourth-order valence-corrected chi connectivity index (χ4v) is 3.43. The Morgan fingerprint density at radius 2 is 1.53 bits per heavy atom. The van der Waals surface area contributed by atoms with Crippen LogP contribution in [0.2, 0.25) is 0 Å². The van der Waals surface area contributed by atoms with E-state index in [-0.39, 0.29) is 0 Å². The molecule has 1 aromatic heterocycles. The Balaban J connectivity index is 1.78. The number of anilines is 1. The fraction of sp³-hybridized carbons (Fsp3) is 0.238. The van der Waals surface area contributed by atoms with Crippen LogP contribution < -0.4 is 29.1 Å². The molecule has 0 aliphatic heterocycles. The molecule has 30 heavy (non-hydrogen) atoms. The van der Waals surface area contributed by atoms with Crippen molar-refractivity contribution in [3.8, 4) is 40.0 Å². The lowest BCUT2D eigenvalue weighted by Crippen LogP contribution is -1.98. The number of benzene rings is 2. The largest absolute Gasteiger partial charge is 0.497 e. The molecular formula is C21H23N3O5S. The van der Waals surface area contributed by atoms with Crippen LogP contribution in [-0.2, 0) is 0 Å². The van der Waals surface area contributed by atoms with Crippen LogP contribution >= 0.6 is 11.3 Å². The van der Waals surface area contributed by atoms with Gasteiger partial charge in [0.05, 0.1) is 47.5 Å². The van der Waals surface area contributed by atoms with E-state index in [2.05, 4.69) is 15.5 Å². The first-order valence-electron chi connectivity index (χ1n) is 8.90. The van der Waals surface area contributed by atoms with E-state index in [4.69, 9.17) is 23.7 Å². The monoisotopic (exact) mass is 429 g/mol. The van der Waals surface area contributed by atoms with Crippen LogP contribution in [0.1, 0.15) is 5.56 Å². The minimum atomic E-state index is 0.581. The van der Waals surface area contributed by atoms with E-state index >= 15 is 0 Å². The smallest absolute Gasteiger partial charge is 0.203 e. The molecule has 3 aromatic rings. The maximum Gasteiger partial charge on any atom is 0.203 e. The number of hydrazone groups is 1. The molecule has 0 radical (unpaired) electrons. The molecule has 0 spiro atoms. The molecule has 0 aliphatic rings. The molecule has 0 aliphatic carbocycles. The van der Waals surface area contributed by atoms with Crippen molar-refractivity contribution >= 4 is 22.7 Å². The van der Waals surface area contributed by atoms with Crippen LogP contribution in [0.5, 0.6) is 28.7 Å². The predicted molar refractivity (Wildman–Crippen MR) is 118 cm³/mol. The van der Waals surface area contributed by atoms with E-state index in [1.54, 1.807) is 53.9 Å². The Morgan fingerprint density at radius 1 is 0.833 bits per heavy atom. The molecule has 1 N–H and O–H groups in total. The minimum Gasteiger partial charge on any atom is -0.497 e. The Morgan fingerprint density at radius 3 is 2.20 bits per heavy atom. The Hall–Kier alpha value is -3.46. The van der Waals surface area contributed by atoms with E-state index in [1.165, 1.54) is 11.3 Å². The normalized spacial score (nSPS) is 10.7. The van der Waals surface area contributed by atoms with Crippen LogP contribution in [0, 0.1) is 0 Å². The summed E-state index contributed by atoms with van der Waals surface area (Å²) >= 11 is 1.43.